The van der Waals surface area contributed by atoms with E-state index >= 15 is 0 Å². The molecule has 0 saturated heterocycles. The van der Waals surface area contributed by atoms with E-state index in [1.165, 1.54) is 18.3 Å². The van der Waals surface area contributed by atoms with E-state index in [1.807, 2.05) is 0 Å². The number of carbonyl (C=O) groups excluding carboxylic acids is 2. The third-order valence-electron chi connectivity index (χ3n) is 3.11. The molecule has 0 atom stereocenters. The molecule has 108 valence electrons. The van der Waals surface area contributed by atoms with Crippen LogP contribution in [0.25, 0.3) is 0 Å². The summed E-state index contributed by atoms with van der Waals surface area (Å²) in [6, 6.07) is 0. The van der Waals surface area contributed by atoms with Crippen LogP contribution in [0.5, 0.6) is 0 Å². The molecule has 1 aliphatic carbocycles. The minimum Gasteiger partial charge on any atom is -0.478 e. The Balaban J connectivity index is 2.04. The zero-order valence-corrected chi connectivity index (χ0v) is 11.9. The fourth-order valence-electron chi connectivity index (χ4n) is 2.26. The number of carboxylic acids is 1. The second-order valence-corrected chi connectivity index (χ2v) is 5.75. The Morgan fingerprint density at radius 1 is 1.30 bits per heavy atom. The van der Waals surface area contributed by atoms with Gasteiger partial charge in [0.25, 0.3) is 0 Å². The topological polar surface area (TPSA) is 95.5 Å². The molecule has 1 aromatic rings. The average molecular weight is 296 g/mol. The van der Waals surface area contributed by atoms with E-state index in [9.17, 15) is 19.5 Å². The van der Waals surface area contributed by atoms with E-state index in [0.717, 1.165) is 29.7 Å². The predicted molar refractivity (Wildman–Crippen MR) is 75.2 cm³/mol. The van der Waals surface area contributed by atoms with Gasteiger partial charge in [0.2, 0.25) is 11.8 Å². The van der Waals surface area contributed by atoms with Crippen molar-refractivity contribution < 1.29 is 19.5 Å². The van der Waals surface area contributed by atoms with Crippen molar-refractivity contribution >= 4 is 34.1 Å². The summed E-state index contributed by atoms with van der Waals surface area (Å²) in [6.45, 7) is 1.62. The largest absolute Gasteiger partial charge is 0.478 e. The first-order chi connectivity index (χ1) is 9.49. The summed E-state index contributed by atoms with van der Waals surface area (Å²) in [4.78, 5) is 34.8. The van der Waals surface area contributed by atoms with Gasteiger partial charge in [0.15, 0.2) is 0 Å². The molecule has 3 N–H and O–H groups in total. The van der Waals surface area contributed by atoms with E-state index < -0.39 is 5.97 Å². The van der Waals surface area contributed by atoms with Crippen LogP contribution in [-0.2, 0) is 22.4 Å². The SMILES string of the molecule is CC(=O)NCCC(=O)Nc1sc2c(c1C(=O)O)CCC2. The van der Waals surface area contributed by atoms with Crippen LogP contribution in [0.15, 0.2) is 0 Å². The van der Waals surface area contributed by atoms with Gasteiger partial charge in [-0.15, -0.1) is 11.3 Å². The Kier molecular flexibility index (Phi) is 4.39. The van der Waals surface area contributed by atoms with Gasteiger partial charge in [0.1, 0.15) is 5.00 Å². The molecule has 0 saturated carbocycles. The number of aryl methyl sites for hydroxylation is 1. The standard InChI is InChI=1S/C13H16N2O4S/c1-7(16)14-6-5-10(17)15-12-11(13(18)19)8-3-2-4-9(8)20-12/h2-6H2,1H3,(H,14,16)(H,15,17)(H,18,19). The van der Waals surface area contributed by atoms with Crippen molar-refractivity contribution in [2.24, 2.45) is 0 Å². The molecule has 7 heteroatoms. The van der Waals surface area contributed by atoms with Gasteiger partial charge in [0, 0.05) is 24.8 Å². The minimum absolute atomic E-state index is 0.126. The Bertz CT molecular complexity index is 565. The van der Waals surface area contributed by atoms with Gasteiger partial charge in [0.05, 0.1) is 5.56 Å². The highest BCUT2D eigenvalue weighted by molar-refractivity contribution is 7.17. The summed E-state index contributed by atoms with van der Waals surface area (Å²) < 4.78 is 0. The molecule has 0 aromatic carbocycles. The van der Waals surface area contributed by atoms with Crippen molar-refractivity contribution in [1.29, 1.82) is 0 Å². The first kappa shape index (κ1) is 14.5. The number of thiophene rings is 1. The molecular weight excluding hydrogens is 280 g/mol. The highest BCUT2D eigenvalue weighted by Crippen LogP contribution is 2.39. The van der Waals surface area contributed by atoms with Crippen LogP contribution >= 0.6 is 11.3 Å². The van der Waals surface area contributed by atoms with Gasteiger partial charge in [-0.1, -0.05) is 0 Å². The van der Waals surface area contributed by atoms with Crippen molar-refractivity contribution in [2.45, 2.75) is 32.6 Å². The molecule has 0 radical (unpaired) electrons. The quantitative estimate of drug-likeness (QED) is 0.765. The zero-order chi connectivity index (χ0) is 14.7. The van der Waals surface area contributed by atoms with E-state index in [2.05, 4.69) is 10.6 Å². The van der Waals surface area contributed by atoms with Crippen molar-refractivity contribution in [3.8, 4) is 0 Å². The summed E-state index contributed by atoms with van der Waals surface area (Å²) in [5.74, 6) is -1.48. The average Bonchev–Trinajstić information content (AvgIpc) is 2.87. The minimum atomic E-state index is -0.999. The molecule has 0 spiro atoms. The molecule has 2 rings (SSSR count). The van der Waals surface area contributed by atoms with Crippen molar-refractivity contribution in [3.63, 3.8) is 0 Å². The lowest BCUT2D eigenvalue weighted by Gasteiger charge is -2.05. The van der Waals surface area contributed by atoms with Crippen molar-refractivity contribution in [2.75, 3.05) is 11.9 Å². The number of amides is 2. The molecule has 1 aromatic heterocycles. The number of nitrogens with one attached hydrogen (secondary N) is 2. The smallest absolute Gasteiger partial charge is 0.339 e. The molecule has 0 aliphatic heterocycles. The molecule has 0 fully saturated rings. The molecule has 2 amide bonds. The van der Waals surface area contributed by atoms with Gasteiger partial charge >= 0.3 is 5.97 Å². The number of fused-ring (bicyclic) bond motifs is 1. The Hall–Kier alpha value is -1.89. The number of carboxylic acid groups (broad SMARTS) is 1. The third kappa shape index (κ3) is 3.16. The highest BCUT2D eigenvalue weighted by atomic mass is 32.1. The summed E-state index contributed by atoms with van der Waals surface area (Å²) in [6.07, 6.45) is 2.73. The van der Waals surface area contributed by atoms with Gasteiger partial charge < -0.3 is 15.7 Å². The van der Waals surface area contributed by atoms with Crippen molar-refractivity contribution in [3.05, 3.63) is 16.0 Å². The second-order valence-electron chi connectivity index (χ2n) is 4.65. The molecule has 1 heterocycles. The predicted octanol–water partition coefficient (Wildman–Crippen LogP) is 1.40. The van der Waals surface area contributed by atoms with Gasteiger partial charge in [-0.2, -0.15) is 0 Å². The van der Waals surface area contributed by atoms with Crippen LogP contribution < -0.4 is 10.6 Å². The van der Waals surface area contributed by atoms with E-state index in [1.54, 1.807) is 0 Å². The maximum absolute atomic E-state index is 11.7. The van der Waals surface area contributed by atoms with E-state index in [4.69, 9.17) is 0 Å². The fourth-order valence-corrected chi connectivity index (χ4v) is 3.56. The monoisotopic (exact) mass is 296 g/mol. The van der Waals surface area contributed by atoms with Gasteiger partial charge in [-0.05, 0) is 24.8 Å². The van der Waals surface area contributed by atoms with Crippen LogP contribution in [0.2, 0.25) is 0 Å². The lowest BCUT2D eigenvalue weighted by atomic mass is 10.1. The Morgan fingerprint density at radius 2 is 2.05 bits per heavy atom. The number of carbonyl (C=O) groups is 3. The Morgan fingerprint density at radius 3 is 2.70 bits per heavy atom. The highest BCUT2D eigenvalue weighted by Gasteiger charge is 2.26. The Labute approximate surface area is 120 Å². The first-order valence-electron chi connectivity index (χ1n) is 6.41. The summed E-state index contributed by atoms with van der Waals surface area (Å²) in [5.41, 5.74) is 1.09. The van der Waals surface area contributed by atoms with Gasteiger partial charge in [-0.25, -0.2) is 4.79 Å². The molecule has 1 aliphatic rings. The number of hydrogen-bond acceptors (Lipinski definition) is 4. The maximum atomic E-state index is 11.7. The van der Waals surface area contributed by atoms with E-state index in [0.29, 0.717) is 5.00 Å². The van der Waals surface area contributed by atoms with Crippen LogP contribution in [-0.4, -0.2) is 29.4 Å². The van der Waals surface area contributed by atoms with Crippen LogP contribution in [0, 0.1) is 0 Å². The van der Waals surface area contributed by atoms with Crippen molar-refractivity contribution in [1.82, 2.24) is 5.32 Å². The summed E-state index contributed by atoms with van der Waals surface area (Å²) >= 11 is 1.34. The zero-order valence-electron chi connectivity index (χ0n) is 11.1. The lowest BCUT2D eigenvalue weighted by Crippen LogP contribution is -2.25. The first-order valence-corrected chi connectivity index (χ1v) is 7.22. The molecular formula is C13H16N2O4S. The normalized spacial score (nSPS) is 12.8. The second kappa shape index (κ2) is 6.04. The van der Waals surface area contributed by atoms with Crippen LogP contribution in [0.3, 0.4) is 0 Å². The molecule has 6 nitrogen and oxygen atoms in total. The summed E-state index contributed by atoms with van der Waals surface area (Å²) in [5, 5.41) is 14.9. The van der Waals surface area contributed by atoms with E-state index in [-0.39, 0.29) is 30.3 Å². The molecule has 0 unspecified atom stereocenters. The number of hydrogen-bond donors (Lipinski definition) is 3. The molecule has 0 bridgehead atoms. The van der Waals surface area contributed by atoms with Crippen LogP contribution in [0.4, 0.5) is 5.00 Å². The maximum Gasteiger partial charge on any atom is 0.339 e. The number of anilines is 1. The lowest BCUT2D eigenvalue weighted by molar-refractivity contribution is -0.119. The summed E-state index contributed by atoms with van der Waals surface area (Å²) in [7, 11) is 0. The fraction of sp³-hybridized carbons (Fsp3) is 0.462. The number of rotatable bonds is 5. The third-order valence-corrected chi connectivity index (χ3v) is 4.32. The van der Waals surface area contributed by atoms with Crippen LogP contribution in [0.1, 0.15) is 40.6 Å². The van der Waals surface area contributed by atoms with Gasteiger partial charge in [-0.3, -0.25) is 9.59 Å². The molecule has 20 heavy (non-hydrogen) atoms. The number of aromatic carboxylic acids is 1.